The predicted molar refractivity (Wildman–Crippen MR) is 83.3 cm³/mol. The number of hydrogen-bond acceptors (Lipinski definition) is 2. The Morgan fingerprint density at radius 1 is 1.05 bits per heavy atom. The third-order valence-corrected chi connectivity index (χ3v) is 3.47. The summed E-state index contributed by atoms with van der Waals surface area (Å²) in [4.78, 5) is 11.1. The van der Waals surface area contributed by atoms with E-state index in [0.717, 1.165) is 0 Å². The third-order valence-electron chi connectivity index (χ3n) is 2.64. The number of carboxylic acids is 1. The summed E-state index contributed by atoms with van der Waals surface area (Å²) >= 11 is 9.46. The highest BCUT2D eigenvalue weighted by atomic mass is 35.5. The first kappa shape index (κ1) is 15.8. The van der Waals surface area contributed by atoms with Gasteiger partial charge in [0.25, 0.3) is 11.3 Å². The van der Waals surface area contributed by atoms with Crippen molar-refractivity contribution in [2.45, 2.75) is 0 Å². The molecule has 0 aliphatic carbocycles. The summed E-state index contributed by atoms with van der Waals surface area (Å²) in [6.07, 6.45) is 0. The van der Waals surface area contributed by atoms with Crippen molar-refractivity contribution in [3.63, 3.8) is 0 Å². The molecule has 0 saturated heterocycles. The molecule has 2 rings (SSSR count). The molecule has 2 aromatic rings. The Bertz CT molecular complexity index is 716. The zero-order chi connectivity index (χ0) is 15.6. The van der Waals surface area contributed by atoms with Crippen molar-refractivity contribution < 1.29 is 18.7 Å². The number of aromatic carboxylic acids is 1. The molecule has 0 saturated carbocycles. The van der Waals surface area contributed by atoms with Gasteiger partial charge in [-0.15, -0.1) is 0 Å². The molecule has 5 nitrogen and oxygen atoms in total. The molecular weight excluding hydrogens is 337 g/mol. The zero-order valence-corrected chi connectivity index (χ0v) is 12.7. The molecule has 3 N–H and O–H groups in total. The Morgan fingerprint density at radius 2 is 1.67 bits per heavy atom. The van der Waals surface area contributed by atoms with Gasteiger partial charge in [-0.1, -0.05) is 29.3 Å². The molecule has 0 aromatic heterocycles. The summed E-state index contributed by atoms with van der Waals surface area (Å²) in [5.74, 6) is -1.21. The molecule has 0 aliphatic rings. The minimum atomic E-state index is -2.38. The zero-order valence-electron chi connectivity index (χ0n) is 10.3. The maximum Gasteiger partial charge on any atom is 0.337 e. The maximum atomic E-state index is 11.1. The van der Waals surface area contributed by atoms with E-state index in [0.29, 0.717) is 21.2 Å². The summed E-state index contributed by atoms with van der Waals surface area (Å²) in [6.45, 7) is 0. The van der Waals surface area contributed by atoms with Gasteiger partial charge in [0.1, 0.15) is 0 Å². The lowest BCUT2D eigenvalue weighted by atomic mass is 10.0. The normalized spacial score (nSPS) is 12.0. The number of nitrogens with one attached hydrogen (secondary N) is 1. The van der Waals surface area contributed by atoms with Gasteiger partial charge in [-0.3, -0.25) is 9.27 Å². The van der Waals surface area contributed by atoms with Crippen LogP contribution in [0.3, 0.4) is 0 Å². The molecule has 21 heavy (non-hydrogen) atoms. The molecule has 0 fully saturated rings. The summed E-state index contributed by atoms with van der Waals surface area (Å²) in [5.41, 5.74) is 1.18. The van der Waals surface area contributed by atoms with E-state index < -0.39 is 17.2 Å². The van der Waals surface area contributed by atoms with Crippen LogP contribution in [0.4, 0.5) is 5.69 Å². The van der Waals surface area contributed by atoms with Crippen LogP contribution in [0.25, 0.3) is 11.1 Å². The smallest absolute Gasteiger partial charge is 0.337 e. The van der Waals surface area contributed by atoms with Crippen LogP contribution in [0.15, 0.2) is 36.4 Å². The van der Waals surface area contributed by atoms with E-state index in [1.54, 1.807) is 24.3 Å². The van der Waals surface area contributed by atoms with Gasteiger partial charge in [-0.25, -0.2) is 9.00 Å². The van der Waals surface area contributed by atoms with Crippen LogP contribution in [0.1, 0.15) is 10.4 Å². The van der Waals surface area contributed by atoms with Gasteiger partial charge in [0, 0.05) is 10.0 Å². The molecular formula is C13H9Cl2NO4S. The van der Waals surface area contributed by atoms with Gasteiger partial charge >= 0.3 is 5.97 Å². The van der Waals surface area contributed by atoms with Crippen molar-refractivity contribution in [3.8, 4) is 11.1 Å². The molecule has 0 heterocycles. The maximum absolute atomic E-state index is 11.1. The van der Waals surface area contributed by atoms with Gasteiger partial charge < -0.3 is 5.11 Å². The molecule has 1 atom stereocenters. The van der Waals surface area contributed by atoms with Crippen molar-refractivity contribution in [1.29, 1.82) is 0 Å². The van der Waals surface area contributed by atoms with E-state index in [2.05, 4.69) is 4.72 Å². The molecule has 0 aliphatic heterocycles. The number of rotatable bonds is 4. The van der Waals surface area contributed by atoms with E-state index in [-0.39, 0.29) is 11.3 Å². The first-order valence-electron chi connectivity index (χ1n) is 5.58. The second kappa shape index (κ2) is 6.44. The molecule has 0 radical (unpaired) electrons. The quantitative estimate of drug-likeness (QED) is 0.733. The van der Waals surface area contributed by atoms with E-state index in [1.807, 2.05) is 0 Å². The topological polar surface area (TPSA) is 86.6 Å². The Kier molecular flexibility index (Phi) is 4.84. The average molecular weight is 346 g/mol. The Morgan fingerprint density at radius 3 is 2.19 bits per heavy atom. The van der Waals surface area contributed by atoms with Crippen LogP contribution >= 0.6 is 23.2 Å². The van der Waals surface area contributed by atoms with E-state index in [1.165, 1.54) is 12.1 Å². The molecule has 0 bridgehead atoms. The number of carbonyl (C=O) groups is 1. The highest BCUT2D eigenvalue weighted by molar-refractivity contribution is 7.80. The van der Waals surface area contributed by atoms with Gasteiger partial charge in [-0.05, 0) is 41.5 Å². The highest BCUT2D eigenvalue weighted by Crippen LogP contribution is 2.30. The van der Waals surface area contributed by atoms with Crippen molar-refractivity contribution in [2.75, 3.05) is 4.72 Å². The second-order valence-corrected chi connectivity index (χ2v) is 5.65. The second-order valence-electron chi connectivity index (χ2n) is 4.07. The predicted octanol–water partition coefficient (Wildman–Crippen LogP) is 3.91. The summed E-state index contributed by atoms with van der Waals surface area (Å²) in [7, 11) is 0. The first-order chi connectivity index (χ1) is 9.86. The summed E-state index contributed by atoms with van der Waals surface area (Å²) < 4.78 is 21.9. The van der Waals surface area contributed by atoms with Crippen LogP contribution < -0.4 is 4.72 Å². The average Bonchev–Trinajstić information content (AvgIpc) is 2.36. The fourth-order valence-electron chi connectivity index (χ4n) is 1.81. The number of anilines is 1. The standard InChI is InChI=1S/C13H9Cl2NO4S/c14-9-3-8(4-10(15)6-9)7-1-2-11(13(17)18)12(5-7)16-21(19)20/h1-6,16H,(H,17,18)(H,19,20). The molecule has 8 heteroatoms. The lowest BCUT2D eigenvalue weighted by Gasteiger charge is -2.10. The third kappa shape index (κ3) is 3.95. The van der Waals surface area contributed by atoms with Crippen molar-refractivity contribution in [1.82, 2.24) is 0 Å². The molecule has 0 spiro atoms. The molecule has 110 valence electrons. The Labute approximate surface area is 132 Å². The Balaban J connectivity index is 2.55. The highest BCUT2D eigenvalue weighted by Gasteiger charge is 2.13. The van der Waals surface area contributed by atoms with E-state index in [4.69, 9.17) is 32.9 Å². The van der Waals surface area contributed by atoms with Crippen LogP contribution in [0, 0.1) is 0 Å². The van der Waals surface area contributed by atoms with Crippen LogP contribution in [0.2, 0.25) is 10.0 Å². The van der Waals surface area contributed by atoms with Crippen molar-refractivity contribution in [2.24, 2.45) is 0 Å². The number of hydrogen-bond donors (Lipinski definition) is 3. The number of benzene rings is 2. The summed E-state index contributed by atoms with van der Waals surface area (Å²) in [6, 6.07) is 9.23. The van der Waals surface area contributed by atoms with Gasteiger partial charge in [-0.2, -0.15) is 0 Å². The minimum absolute atomic E-state index is 0.0249. The SMILES string of the molecule is O=C(O)c1ccc(-c2cc(Cl)cc(Cl)c2)cc1NS(=O)O. The lowest BCUT2D eigenvalue weighted by molar-refractivity contribution is 0.0698. The van der Waals surface area contributed by atoms with Gasteiger partial charge in [0.15, 0.2) is 0 Å². The number of carboxylic acid groups (broad SMARTS) is 1. The molecule has 1 unspecified atom stereocenters. The fourth-order valence-corrected chi connectivity index (χ4v) is 2.69. The van der Waals surface area contributed by atoms with Gasteiger partial charge in [0.2, 0.25) is 0 Å². The fraction of sp³-hybridized carbons (Fsp3) is 0. The largest absolute Gasteiger partial charge is 0.478 e. The Hall–Kier alpha value is -1.60. The van der Waals surface area contributed by atoms with Crippen LogP contribution in [-0.2, 0) is 11.3 Å². The van der Waals surface area contributed by atoms with E-state index in [9.17, 15) is 9.00 Å². The molecule has 0 amide bonds. The van der Waals surface area contributed by atoms with Crippen LogP contribution in [0.5, 0.6) is 0 Å². The van der Waals surface area contributed by atoms with Crippen molar-refractivity contribution >= 4 is 46.1 Å². The molecule has 2 aromatic carbocycles. The lowest BCUT2D eigenvalue weighted by Crippen LogP contribution is -2.08. The number of halogens is 2. The van der Waals surface area contributed by atoms with E-state index >= 15 is 0 Å². The van der Waals surface area contributed by atoms with Gasteiger partial charge in [0.05, 0.1) is 11.3 Å². The summed E-state index contributed by atoms with van der Waals surface area (Å²) in [5, 5.41) is 9.93. The van der Waals surface area contributed by atoms with Crippen LogP contribution in [-0.4, -0.2) is 19.8 Å². The first-order valence-corrected chi connectivity index (χ1v) is 7.44. The minimum Gasteiger partial charge on any atom is -0.478 e. The van der Waals surface area contributed by atoms with Crippen molar-refractivity contribution in [3.05, 3.63) is 52.0 Å². The monoisotopic (exact) mass is 345 g/mol.